The summed E-state index contributed by atoms with van der Waals surface area (Å²) in [5, 5.41) is 2.63. The molecule has 21 heavy (non-hydrogen) atoms. The third kappa shape index (κ3) is 4.05. The first kappa shape index (κ1) is 15.5. The van der Waals surface area contributed by atoms with Crippen LogP contribution in [0.5, 0.6) is 0 Å². The van der Waals surface area contributed by atoms with E-state index in [-0.39, 0.29) is 17.4 Å². The highest BCUT2D eigenvalue weighted by atomic mass is 79.9. The van der Waals surface area contributed by atoms with Gasteiger partial charge in [0.1, 0.15) is 10.8 Å². The maximum atomic E-state index is 13.8. The second-order valence-electron chi connectivity index (χ2n) is 4.24. The second kappa shape index (κ2) is 6.73. The molecule has 0 saturated heterocycles. The quantitative estimate of drug-likeness (QED) is 0.814. The van der Waals surface area contributed by atoms with Crippen LogP contribution in [0.3, 0.4) is 0 Å². The average molecular weight is 368 g/mol. The van der Waals surface area contributed by atoms with Crippen LogP contribution in [0.25, 0.3) is 0 Å². The van der Waals surface area contributed by atoms with Gasteiger partial charge in [-0.15, -0.1) is 0 Å². The van der Waals surface area contributed by atoms with E-state index >= 15 is 0 Å². The highest BCUT2D eigenvalue weighted by Crippen LogP contribution is 2.12. The number of thiocarbonyl (C=S) groups is 1. The lowest BCUT2D eigenvalue weighted by atomic mass is 10.1. The first-order valence-electron chi connectivity index (χ1n) is 5.94. The molecule has 108 valence electrons. The molecule has 3 N–H and O–H groups in total. The van der Waals surface area contributed by atoms with Crippen molar-refractivity contribution in [1.29, 1.82) is 0 Å². The van der Waals surface area contributed by atoms with Gasteiger partial charge in [-0.2, -0.15) is 0 Å². The van der Waals surface area contributed by atoms with Crippen LogP contribution in [-0.4, -0.2) is 15.9 Å². The molecule has 7 heteroatoms. The van der Waals surface area contributed by atoms with E-state index in [0.29, 0.717) is 21.2 Å². The number of nitrogens with two attached hydrogens (primary N) is 1. The molecule has 2 rings (SSSR count). The summed E-state index contributed by atoms with van der Waals surface area (Å²) in [4.78, 5) is 15.9. The second-order valence-corrected chi connectivity index (χ2v) is 5.60. The molecule has 0 bridgehead atoms. The predicted molar refractivity (Wildman–Crippen MR) is 85.4 cm³/mol. The largest absolute Gasteiger partial charge is 0.389 e. The summed E-state index contributed by atoms with van der Waals surface area (Å²) in [5.74, 6) is -0.797. The number of rotatable bonds is 4. The fourth-order valence-corrected chi connectivity index (χ4v) is 2.15. The van der Waals surface area contributed by atoms with Crippen molar-refractivity contribution in [2.24, 2.45) is 5.73 Å². The zero-order chi connectivity index (χ0) is 15.4. The van der Waals surface area contributed by atoms with Gasteiger partial charge in [0.2, 0.25) is 0 Å². The number of halogens is 2. The van der Waals surface area contributed by atoms with Gasteiger partial charge in [0.15, 0.2) is 0 Å². The summed E-state index contributed by atoms with van der Waals surface area (Å²) in [6, 6.07) is 6.05. The van der Waals surface area contributed by atoms with Crippen LogP contribution in [0.15, 0.2) is 41.1 Å². The van der Waals surface area contributed by atoms with Gasteiger partial charge in [-0.05, 0) is 28.1 Å². The zero-order valence-electron chi connectivity index (χ0n) is 10.8. The molecule has 0 saturated carbocycles. The molecule has 0 atom stereocenters. The molecule has 0 unspecified atom stereocenters. The smallest absolute Gasteiger partial charge is 0.253 e. The van der Waals surface area contributed by atoms with Gasteiger partial charge in [-0.3, -0.25) is 9.78 Å². The lowest BCUT2D eigenvalue weighted by molar-refractivity contribution is 0.0950. The Labute approximate surface area is 134 Å². The third-order valence-electron chi connectivity index (χ3n) is 2.74. The molecule has 1 heterocycles. The van der Waals surface area contributed by atoms with E-state index in [9.17, 15) is 9.18 Å². The van der Waals surface area contributed by atoms with E-state index in [1.165, 1.54) is 12.3 Å². The van der Waals surface area contributed by atoms with Gasteiger partial charge in [0.25, 0.3) is 5.91 Å². The van der Waals surface area contributed by atoms with Crippen molar-refractivity contribution < 1.29 is 9.18 Å². The fourth-order valence-electron chi connectivity index (χ4n) is 1.66. The fraction of sp³-hybridized carbons (Fsp3) is 0.0714. The van der Waals surface area contributed by atoms with Crippen molar-refractivity contribution in [1.82, 2.24) is 10.3 Å². The molecule has 2 aromatic rings. The van der Waals surface area contributed by atoms with Crippen LogP contribution in [0.2, 0.25) is 0 Å². The third-order valence-corrected chi connectivity index (χ3v) is 3.41. The first-order chi connectivity index (χ1) is 9.97. The number of aromatic nitrogens is 1. The van der Waals surface area contributed by atoms with Crippen LogP contribution in [-0.2, 0) is 6.54 Å². The number of carbonyl (C=O) groups excluding carboxylic acids is 1. The van der Waals surface area contributed by atoms with Crippen molar-refractivity contribution in [2.45, 2.75) is 6.54 Å². The standard InChI is InChI=1S/C14H11BrFN3OS/c15-11-3-10(5-18-7-11)14(20)19-6-9-2-1-8(13(17)21)4-12(9)16/h1-5,7H,6H2,(H2,17,21)(H,19,20). The minimum Gasteiger partial charge on any atom is -0.389 e. The summed E-state index contributed by atoms with van der Waals surface area (Å²) in [6.07, 6.45) is 3.01. The normalized spacial score (nSPS) is 10.2. The van der Waals surface area contributed by atoms with E-state index < -0.39 is 5.82 Å². The Balaban J connectivity index is 2.06. The Kier molecular flexibility index (Phi) is 4.98. The lowest BCUT2D eigenvalue weighted by Crippen LogP contribution is -2.23. The molecule has 4 nitrogen and oxygen atoms in total. The molecular weight excluding hydrogens is 357 g/mol. The maximum absolute atomic E-state index is 13.8. The maximum Gasteiger partial charge on any atom is 0.253 e. The Bertz CT molecular complexity index is 708. The SMILES string of the molecule is NC(=S)c1ccc(CNC(=O)c2cncc(Br)c2)c(F)c1. The highest BCUT2D eigenvalue weighted by molar-refractivity contribution is 9.10. The zero-order valence-corrected chi connectivity index (χ0v) is 13.2. The van der Waals surface area contributed by atoms with Gasteiger partial charge in [0.05, 0.1) is 5.56 Å². The summed E-state index contributed by atoms with van der Waals surface area (Å²) in [6.45, 7) is 0.0643. The van der Waals surface area contributed by atoms with Crippen LogP contribution in [0.1, 0.15) is 21.5 Å². The van der Waals surface area contributed by atoms with Gasteiger partial charge < -0.3 is 11.1 Å². The number of hydrogen-bond donors (Lipinski definition) is 2. The van der Waals surface area contributed by atoms with E-state index in [1.54, 1.807) is 24.4 Å². The molecule has 0 aliphatic rings. The van der Waals surface area contributed by atoms with E-state index in [1.807, 2.05) is 0 Å². The lowest BCUT2D eigenvalue weighted by Gasteiger charge is -2.08. The number of hydrogen-bond acceptors (Lipinski definition) is 3. The van der Waals surface area contributed by atoms with Crippen molar-refractivity contribution in [3.8, 4) is 0 Å². The molecule has 0 aliphatic heterocycles. The van der Waals surface area contributed by atoms with E-state index in [2.05, 4.69) is 26.2 Å². The summed E-state index contributed by atoms with van der Waals surface area (Å²) in [5.41, 5.74) is 6.63. The number of amides is 1. The number of nitrogens with zero attached hydrogens (tertiary/aromatic N) is 1. The van der Waals surface area contributed by atoms with E-state index in [0.717, 1.165) is 0 Å². The van der Waals surface area contributed by atoms with E-state index in [4.69, 9.17) is 18.0 Å². The number of nitrogens with one attached hydrogen (secondary N) is 1. The molecule has 0 radical (unpaired) electrons. The number of pyridine rings is 1. The molecule has 1 aromatic heterocycles. The molecule has 0 aliphatic carbocycles. The minimum absolute atomic E-state index is 0.0643. The van der Waals surface area contributed by atoms with Crippen molar-refractivity contribution in [2.75, 3.05) is 0 Å². The summed E-state index contributed by atoms with van der Waals surface area (Å²) < 4.78 is 14.5. The monoisotopic (exact) mass is 367 g/mol. The molecular formula is C14H11BrFN3OS. The Morgan fingerprint density at radius 1 is 1.33 bits per heavy atom. The summed E-state index contributed by atoms with van der Waals surface area (Å²) in [7, 11) is 0. The van der Waals surface area contributed by atoms with Crippen LogP contribution >= 0.6 is 28.1 Å². The Morgan fingerprint density at radius 2 is 2.10 bits per heavy atom. The average Bonchev–Trinajstić information content (AvgIpc) is 2.45. The Morgan fingerprint density at radius 3 is 2.71 bits per heavy atom. The topological polar surface area (TPSA) is 68.0 Å². The van der Waals surface area contributed by atoms with Crippen molar-refractivity contribution in [3.63, 3.8) is 0 Å². The van der Waals surface area contributed by atoms with Crippen molar-refractivity contribution >= 4 is 39.0 Å². The van der Waals surface area contributed by atoms with Crippen LogP contribution < -0.4 is 11.1 Å². The van der Waals surface area contributed by atoms with Gasteiger partial charge in [-0.25, -0.2) is 4.39 Å². The number of benzene rings is 1. The molecule has 1 amide bonds. The predicted octanol–water partition coefficient (Wildman–Crippen LogP) is 2.55. The first-order valence-corrected chi connectivity index (χ1v) is 7.14. The van der Waals surface area contributed by atoms with Gasteiger partial charge in [0, 0.05) is 34.5 Å². The molecule has 0 fully saturated rings. The highest BCUT2D eigenvalue weighted by Gasteiger charge is 2.09. The van der Waals surface area contributed by atoms with Crippen LogP contribution in [0, 0.1) is 5.82 Å². The van der Waals surface area contributed by atoms with Crippen LogP contribution in [0.4, 0.5) is 4.39 Å². The molecule has 0 spiro atoms. The Hall–Kier alpha value is -1.86. The van der Waals surface area contributed by atoms with Crippen molar-refractivity contribution in [3.05, 3.63) is 63.6 Å². The minimum atomic E-state index is -0.465. The molecule has 1 aromatic carbocycles. The van der Waals surface area contributed by atoms with Gasteiger partial charge >= 0.3 is 0 Å². The van der Waals surface area contributed by atoms with Gasteiger partial charge in [-0.1, -0.05) is 24.4 Å². The number of carbonyl (C=O) groups is 1. The summed E-state index contributed by atoms with van der Waals surface area (Å²) >= 11 is 8.01.